The van der Waals surface area contributed by atoms with Crippen LogP contribution in [0.15, 0.2) is 46.3 Å². The number of carbonyl (C=O) groups is 2. The number of amides is 1. The predicted octanol–water partition coefficient (Wildman–Crippen LogP) is 3.49. The van der Waals surface area contributed by atoms with Gasteiger partial charge in [-0.25, -0.2) is 17.2 Å². The molecule has 0 unspecified atom stereocenters. The fourth-order valence-electron chi connectivity index (χ4n) is 2.89. The molecule has 170 valence electrons. The minimum atomic E-state index is -3.61. The second kappa shape index (κ2) is 9.88. The molecule has 0 radical (unpaired) electrons. The van der Waals surface area contributed by atoms with E-state index in [-0.39, 0.29) is 38.5 Å². The van der Waals surface area contributed by atoms with Crippen LogP contribution < -0.4 is 4.80 Å². The minimum Gasteiger partial charge on any atom is -0.468 e. The summed E-state index contributed by atoms with van der Waals surface area (Å²) < 4.78 is 58.5. The standard InChI is InChI=1S/C20H17ClF2N2O5S2/c1-30-18(27)11-25-19-15(23)9-13(22)10-16(19)31-20(25)24-17(26)3-2-8-32(28,29)14-6-4-12(21)5-7-14/h4-7,9-10H,2-3,8,11H2,1H3. The number of benzene rings is 2. The van der Waals surface area contributed by atoms with Gasteiger partial charge in [-0.2, -0.15) is 4.99 Å². The topological polar surface area (TPSA) is 94.8 Å². The monoisotopic (exact) mass is 502 g/mol. The summed E-state index contributed by atoms with van der Waals surface area (Å²) in [5.41, 5.74) is -0.0846. The summed E-state index contributed by atoms with van der Waals surface area (Å²) in [5.74, 6) is -3.39. The molecule has 1 aromatic heterocycles. The summed E-state index contributed by atoms with van der Waals surface area (Å²) in [6.07, 6.45) is -0.200. The van der Waals surface area contributed by atoms with Crippen LogP contribution >= 0.6 is 22.9 Å². The molecule has 0 saturated heterocycles. The zero-order valence-electron chi connectivity index (χ0n) is 16.7. The number of hydrogen-bond donors (Lipinski definition) is 0. The van der Waals surface area contributed by atoms with E-state index in [0.717, 1.165) is 29.1 Å². The summed E-state index contributed by atoms with van der Waals surface area (Å²) in [6, 6.07) is 7.40. The second-order valence-electron chi connectivity index (χ2n) is 6.66. The molecule has 1 heterocycles. The number of carbonyl (C=O) groups excluding carboxylic acids is 2. The maximum Gasteiger partial charge on any atom is 0.325 e. The largest absolute Gasteiger partial charge is 0.468 e. The second-order valence-corrected chi connectivity index (χ2v) is 10.2. The zero-order chi connectivity index (χ0) is 23.5. The molecule has 0 aliphatic carbocycles. The molecule has 3 aromatic rings. The van der Waals surface area contributed by atoms with Gasteiger partial charge in [0, 0.05) is 17.5 Å². The lowest BCUT2D eigenvalue weighted by Gasteiger charge is -2.05. The van der Waals surface area contributed by atoms with Crippen LogP contribution in [0, 0.1) is 11.6 Å². The first-order valence-electron chi connectivity index (χ1n) is 9.22. The molecule has 0 atom stereocenters. The molecule has 0 aliphatic heterocycles. The third-order valence-electron chi connectivity index (χ3n) is 4.41. The van der Waals surface area contributed by atoms with Gasteiger partial charge < -0.3 is 9.30 Å². The Labute approximate surface area is 190 Å². The van der Waals surface area contributed by atoms with Crippen molar-refractivity contribution >= 4 is 54.9 Å². The number of hydrogen-bond acceptors (Lipinski definition) is 6. The Morgan fingerprint density at radius 2 is 1.88 bits per heavy atom. The van der Waals surface area contributed by atoms with Crippen molar-refractivity contribution in [1.82, 2.24) is 4.57 Å². The third-order valence-corrected chi connectivity index (χ3v) is 7.50. The lowest BCUT2D eigenvalue weighted by atomic mass is 10.3. The highest BCUT2D eigenvalue weighted by Gasteiger charge is 2.18. The van der Waals surface area contributed by atoms with E-state index in [1.54, 1.807) is 0 Å². The Morgan fingerprint density at radius 1 is 1.19 bits per heavy atom. The fraction of sp³-hybridized carbons (Fsp3) is 0.250. The average Bonchev–Trinajstić information content (AvgIpc) is 3.04. The minimum absolute atomic E-state index is 0.00181. The van der Waals surface area contributed by atoms with Gasteiger partial charge in [-0.3, -0.25) is 9.59 Å². The Hall–Kier alpha value is -2.63. The number of halogens is 3. The molecule has 7 nitrogen and oxygen atoms in total. The van der Waals surface area contributed by atoms with E-state index in [1.165, 1.54) is 24.3 Å². The van der Waals surface area contributed by atoms with E-state index in [2.05, 4.69) is 9.73 Å². The SMILES string of the molecule is COC(=O)Cn1c(=NC(=O)CCCS(=O)(=O)c2ccc(Cl)cc2)sc2cc(F)cc(F)c21. The maximum atomic E-state index is 14.3. The predicted molar refractivity (Wildman–Crippen MR) is 115 cm³/mol. The van der Waals surface area contributed by atoms with Gasteiger partial charge in [0.2, 0.25) is 5.91 Å². The highest BCUT2D eigenvalue weighted by molar-refractivity contribution is 7.91. The first-order valence-corrected chi connectivity index (χ1v) is 12.1. The molecule has 0 spiro atoms. The summed E-state index contributed by atoms with van der Waals surface area (Å²) in [6.45, 7) is -0.434. The van der Waals surface area contributed by atoms with Crippen LogP contribution in [0.2, 0.25) is 5.02 Å². The van der Waals surface area contributed by atoms with E-state index < -0.39 is 39.9 Å². The van der Waals surface area contributed by atoms with Crippen molar-refractivity contribution in [2.45, 2.75) is 24.3 Å². The molecule has 0 bridgehead atoms. The molecule has 3 rings (SSSR count). The van der Waals surface area contributed by atoms with E-state index in [0.29, 0.717) is 11.1 Å². The Bertz CT molecular complexity index is 1350. The molecule has 32 heavy (non-hydrogen) atoms. The Kier molecular flexibility index (Phi) is 7.42. The lowest BCUT2D eigenvalue weighted by molar-refractivity contribution is -0.141. The summed E-state index contributed by atoms with van der Waals surface area (Å²) >= 11 is 6.59. The molecule has 0 aliphatic rings. The molecule has 0 fully saturated rings. The summed E-state index contributed by atoms with van der Waals surface area (Å²) in [5, 5.41) is 0.401. The number of aromatic nitrogens is 1. The third kappa shape index (κ3) is 5.59. The molecule has 1 amide bonds. The van der Waals surface area contributed by atoms with Crippen molar-refractivity contribution in [2.24, 2.45) is 4.99 Å². The molecule has 0 N–H and O–H groups in total. The van der Waals surface area contributed by atoms with E-state index in [4.69, 9.17) is 11.6 Å². The Morgan fingerprint density at radius 3 is 2.53 bits per heavy atom. The van der Waals surface area contributed by atoms with Crippen LogP contribution in [0.25, 0.3) is 10.2 Å². The highest BCUT2D eigenvalue weighted by atomic mass is 35.5. The Balaban J connectivity index is 1.82. The van der Waals surface area contributed by atoms with Crippen LogP contribution in [-0.4, -0.2) is 37.7 Å². The first kappa shape index (κ1) is 24.0. The van der Waals surface area contributed by atoms with Gasteiger partial charge in [0.1, 0.15) is 12.4 Å². The van der Waals surface area contributed by atoms with Gasteiger partial charge in [0.05, 0.1) is 28.0 Å². The van der Waals surface area contributed by atoms with Gasteiger partial charge in [-0.05, 0) is 36.8 Å². The van der Waals surface area contributed by atoms with Crippen LogP contribution in [0.3, 0.4) is 0 Å². The van der Waals surface area contributed by atoms with Crippen LogP contribution in [0.5, 0.6) is 0 Å². The van der Waals surface area contributed by atoms with Crippen LogP contribution in [-0.2, 0) is 30.7 Å². The molecular weight excluding hydrogens is 486 g/mol. The number of sulfone groups is 1. The normalized spacial score (nSPS) is 12.3. The maximum absolute atomic E-state index is 14.3. The summed E-state index contributed by atoms with van der Waals surface area (Å²) in [4.78, 5) is 28.0. The van der Waals surface area contributed by atoms with Crippen molar-refractivity contribution in [1.29, 1.82) is 0 Å². The molecular formula is C20H17ClF2N2O5S2. The van der Waals surface area contributed by atoms with Crippen molar-refractivity contribution < 1.29 is 31.5 Å². The van der Waals surface area contributed by atoms with Crippen LogP contribution in [0.4, 0.5) is 8.78 Å². The van der Waals surface area contributed by atoms with E-state index >= 15 is 0 Å². The molecule has 2 aromatic carbocycles. The highest BCUT2D eigenvalue weighted by Crippen LogP contribution is 2.22. The number of thiazole rings is 1. The first-order chi connectivity index (χ1) is 15.1. The number of nitrogens with zero attached hydrogens (tertiary/aromatic N) is 2. The number of methoxy groups -OCH3 is 1. The van der Waals surface area contributed by atoms with Crippen molar-refractivity contribution in [3.8, 4) is 0 Å². The van der Waals surface area contributed by atoms with Crippen molar-refractivity contribution in [3.05, 3.63) is 57.9 Å². The van der Waals surface area contributed by atoms with Gasteiger partial charge >= 0.3 is 5.97 Å². The quantitative estimate of drug-likeness (QED) is 0.461. The van der Waals surface area contributed by atoms with E-state index in [1.807, 2.05) is 0 Å². The molecule has 12 heteroatoms. The van der Waals surface area contributed by atoms with Crippen molar-refractivity contribution in [3.63, 3.8) is 0 Å². The van der Waals surface area contributed by atoms with Crippen molar-refractivity contribution in [2.75, 3.05) is 12.9 Å². The number of ether oxygens (including phenoxy) is 1. The number of fused-ring (bicyclic) bond motifs is 1. The van der Waals surface area contributed by atoms with Gasteiger partial charge in [0.25, 0.3) is 0 Å². The number of rotatable bonds is 7. The summed E-state index contributed by atoms with van der Waals surface area (Å²) in [7, 11) is -2.46. The average molecular weight is 503 g/mol. The van der Waals surface area contributed by atoms with Gasteiger partial charge in [0.15, 0.2) is 20.5 Å². The van der Waals surface area contributed by atoms with Gasteiger partial charge in [-0.1, -0.05) is 22.9 Å². The lowest BCUT2D eigenvalue weighted by Crippen LogP contribution is -2.23. The van der Waals surface area contributed by atoms with E-state index in [9.17, 15) is 26.8 Å². The molecule has 0 saturated carbocycles. The van der Waals surface area contributed by atoms with Crippen LogP contribution in [0.1, 0.15) is 12.8 Å². The smallest absolute Gasteiger partial charge is 0.325 e. The zero-order valence-corrected chi connectivity index (χ0v) is 19.1. The fourth-order valence-corrected chi connectivity index (χ4v) is 5.41. The number of esters is 1. The van der Waals surface area contributed by atoms with Gasteiger partial charge in [-0.15, -0.1) is 0 Å².